The molecule has 0 radical (unpaired) electrons. The van der Waals surface area contributed by atoms with Crippen molar-refractivity contribution in [3.05, 3.63) is 71.8 Å². The molecule has 166 valence electrons. The summed E-state index contributed by atoms with van der Waals surface area (Å²) in [7, 11) is 0. The van der Waals surface area contributed by atoms with E-state index in [2.05, 4.69) is 37.2 Å². The van der Waals surface area contributed by atoms with E-state index in [1.165, 1.54) is 0 Å². The molecule has 0 aliphatic carbocycles. The van der Waals surface area contributed by atoms with Crippen LogP contribution in [0, 0.1) is 0 Å². The monoisotopic (exact) mass is 729 g/mol. The van der Waals surface area contributed by atoms with Crippen molar-refractivity contribution in [3.63, 3.8) is 0 Å². The van der Waals surface area contributed by atoms with Crippen molar-refractivity contribution < 1.29 is 22.8 Å². The minimum Gasteiger partial charge on any atom is -0.298 e. The number of benzene rings is 2. The molecule has 0 heterocycles. The van der Waals surface area contributed by atoms with Crippen LogP contribution in [0.3, 0.4) is 0 Å². The number of carbonyl (C=O) groups excluding carboxylic acids is 2. The molecule has 0 unspecified atom stereocenters. The first kappa shape index (κ1) is 42.1. The summed E-state index contributed by atoms with van der Waals surface area (Å²) < 4.78 is 0. The topological polar surface area (TPSA) is 34.1 Å². The van der Waals surface area contributed by atoms with E-state index in [4.69, 9.17) is 0 Å². The van der Waals surface area contributed by atoms with Gasteiger partial charge in [0.15, 0.2) is 0 Å². The zero-order valence-corrected chi connectivity index (χ0v) is 24.4. The van der Waals surface area contributed by atoms with Crippen molar-refractivity contribution in [1.82, 2.24) is 0 Å². The molecule has 0 bridgehead atoms. The van der Waals surface area contributed by atoms with Gasteiger partial charge in [-0.15, -0.1) is 0 Å². The van der Waals surface area contributed by atoms with Crippen molar-refractivity contribution in [2.75, 3.05) is 0 Å². The van der Waals surface area contributed by atoms with Crippen LogP contribution in [0.2, 0.25) is 0 Å². The van der Waals surface area contributed by atoms with Crippen molar-refractivity contribution in [2.45, 2.75) is 62.8 Å². The molecular formula is C23H40I3O2-. The SMILES string of the molecule is C.CC.CC.CC.CC.I[I-]I.O=Cc1ccccc1.O=Cc1ccccc1. The number of aldehydes is 2. The van der Waals surface area contributed by atoms with E-state index < -0.39 is 0 Å². The average Bonchev–Trinajstić information content (AvgIpc) is 2.81. The van der Waals surface area contributed by atoms with Gasteiger partial charge in [-0.25, -0.2) is 0 Å². The van der Waals surface area contributed by atoms with Gasteiger partial charge in [-0.2, -0.15) is 0 Å². The molecule has 0 atom stereocenters. The molecule has 0 aliphatic heterocycles. The van der Waals surface area contributed by atoms with Gasteiger partial charge in [0.25, 0.3) is 0 Å². The predicted molar refractivity (Wildman–Crippen MR) is 144 cm³/mol. The second kappa shape index (κ2) is 50.5. The van der Waals surface area contributed by atoms with E-state index in [-0.39, 0.29) is 7.43 Å². The minimum absolute atomic E-state index is 0. The average molecular weight is 729 g/mol. The first-order valence-corrected chi connectivity index (χ1v) is 21.7. The van der Waals surface area contributed by atoms with Crippen LogP contribution < -0.4 is 13.3 Å². The van der Waals surface area contributed by atoms with E-state index in [1.807, 2.05) is 91.8 Å². The number of hydrogen-bond acceptors (Lipinski definition) is 2. The summed E-state index contributed by atoms with van der Waals surface area (Å²) in [5.41, 5.74) is 1.46. The fourth-order valence-electron chi connectivity index (χ4n) is 1.06. The molecule has 2 aromatic rings. The standard InChI is InChI=1S/2C7H6O.4C2H6.CH4.I3/c2*8-6-7-4-2-1-3-5-7;4*1-2;;1-3-2/h2*1-6H;4*1-2H3;1H4;/q;;;;;;;-1. The van der Waals surface area contributed by atoms with Crippen LogP contribution in [-0.4, -0.2) is 12.6 Å². The van der Waals surface area contributed by atoms with E-state index in [0.29, 0.717) is 13.3 Å². The zero-order chi connectivity index (χ0) is 22.3. The van der Waals surface area contributed by atoms with Gasteiger partial charge in [0, 0.05) is 11.1 Å². The fraction of sp³-hybridized carbons (Fsp3) is 0.391. The Morgan fingerprint density at radius 1 is 0.571 bits per heavy atom. The third-order valence-corrected chi connectivity index (χ3v) is 1.87. The smallest absolute Gasteiger partial charge is 0.150 e. The molecule has 0 aromatic heterocycles. The molecular weight excluding hydrogens is 689 g/mol. The van der Waals surface area contributed by atoms with Crippen LogP contribution in [0.15, 0.2) is 60.7 Å². The summed E-state index contributed by atoms with van der Waals surface area (Å²) >= 11 is 5.30. The van der Waals surface area contributed by atoms with Crippen molar-refractivity contribution in [1.29, 1.82) is 0 Å². The van der Waals surface area contributed by atoms with Gasteiger partial charge < -0.3 is 0 Å². The molecule has 5 heteroatoms. The third-order valence-electron chi connectivity index (χ3n) is 1.87. The Morgan fingerprint density at radius 2 is 0.750 bits per heavy atom. The number of hydrogen-bond donors (Lipinski definition) is 0. The summed E-state index contributed by atoms with van der Waals surface area (Å²) in [6.45, 7) is 16.0. The minimum atomic E-state index is 0. The summed E-state index contributed by atoms with van der Waals surface area (Å²) in [6, 6.07) is 18.2. The second-order valence-electron chi connectivity index (χ2n) is 3.11. The summed E-state index contributed by atoms with van der Waals surface area (Å²) in [5.74, 6) is 0. The molecule has 2 nitrogen and oxygen atoms in total. The normalized spacial score (nSPS) is 6.50. The van der Waals surface area contributed by atoms with Gasteiger partial charge in [0.1, 0.15) is 12.6 Å². The van der Waals surface area contributed by atoms with Gasteiger partial charge in [-0.1, -0.05) is 123 Å². The van der Waals surface area contributed by atoms with Crippen LogP contribution >= 0.6 is 37.2 Å². The van der Waals surface area contributed by atoms with E-state index >= 15 is 0 Å². The molecule has 0 amide bonds. The van der Waals surface area contributed by atoms with Crippen LogP contribution in [0.1, 0.15) is 83.5 Å². The summed E-state index contributed by atoms with van der Waals surface area (Å²) in [4.78, 5) is 20.0. The molecule has 0 fully saturated rings. The van der Waals surface area contributed by atoms with Crippen molar-refractivity contribution >= 4 is 49.8 Å². The van der Waals surface area contributed by atoms with E-state index in [1.54, 1.807) is 24.3 Å². The Bertz CT molecular complexity index is 406. The van der Waals surface area contributed by atoms with Crippen LogP contribution in [-0.2, 0) is 0 Å². The van der Waals surface area contributed by atoms with Crippen LogP contribution in [0.25, 0.3) is 0 Å². The van der Waals surface area contributed by atoms with Crippen LogP contribution in [0.5, 0.6) is 0 Å². The Kier molecular flexibility index (Phi) is 76.1. The Morgan fingerprint density at radius 3 is 0.857 bits per heavy atom. The maximum Gasteiger partial charge on any atom is 0.150 e. The molecule has 0 saturated heterocycles. The van der Waals surface area contributed by atoms with Gasteiger partial charge in [0.2, 0.25) is 0 Å². The van der Waals surface area contributed by atoms with Crippen LogP contribution in [0.4, 0.5) is 0 Å². The zero-order valence-electron chi connectivity index (χ0n) is 17.9. The molecule has 0 N–H and O–H groups in total. The maximum atomic E-state index is 10.0. The summed E-state index contributed by atoms with van der Waals surface area (Å²) in [5, 5.41) is 0. The third kappa shape index (κ3) is 40.6. The van der Waals surface area contributed by atoms with E-state index in [0.717, 1.165) is 23.7 Å². The largest absolute Gasteiger partial charge is 0.298 e. The van der Waals surface area contributed by atoms with Gasteiger partial charge in [-0.05, 0) is 0 Å². The quantitative estimate of drug-likeness (QED) is 0.261. The Balaban J connectivity index is -0.0000000569. The maximum absolute atomic E-state index is 10.0. The van der Waals surface area contributed by atoms with Gasteiger partial charge >= 0.3 is 50.5 Å². The van der Waals surface area contributed by atoms with Gasteiger partial charge in [0.05, 0.1) is 0 Å². The van der Waals surface area contributed by atoms with Crippen molar-refractivity contribution in [2.24, 2.45) is 0 Å². The predicted octanol–water partition coefficient (Wildman–Crippen LogP) is 6.51. The number of carbonyl (C=O) groups is 2. The van der Waals surface area contributed by atoms with Gasteiger partial charge in [-0.3, -0.25) is 9.59 Å². The molecule has 2 aromatic carbocycles. The molecule has 0 spiro atoms. The molecule has 0 saturated carbocycles. The first-order valence-electron chi connectivity index (χ1n) is 9.16. The molecule has 28 heavy (non-hydrogen) atoms. The second-order valence-corrected chi connectivity index (χ2v) is 19.4. The fourth-order valence-corrected chi connectivity index (χ4v) is 1.06. The molecule has 2 rings (SSSR count). The van der Waals surface area contributed by atoms with Crippen molar-refractivity contribution in [3.8, 4) is 0 Å². The number of halogens is 3. The Labute approximate surface area is 205 Å². The van der Waals surface area contributed by atoms with E-state index in [9.17, 15) is 9.59 Å². The summed E-state index contributed by atoms with van der Waals surface area (Å²) in [6.07, 6.45) is 1.67. The first-order chi connectivity index (χ1) is 13.3. The molecule has 0 aliphatic rings. The number of rotatable bonds is 2. The Hall–Kier alpha value is -0.0300.